The molecule has 138 valence electrons. The summed E-state index contributed by atoms with van der Waals surface area (Å²) in [5.74, 6) is 0. The second-order valence-corrected chi connectivity index (χ2v) is 9.39. The maximum atomic E-state index is 12.6. The Morgan fingerprint density at radius 3 is 2.31 bits per heavy atom. The lowest BCUT2D eigenvalue weighted by atomic mass is 10.3. The van der Waals surface area contributed by atoms with Crippen LogP contribution >= 0.6 is 11.8 Å². The van der Waals surface area contributed by atoms with Crippen molar-refractivity contribution in [1.29, 1.82) is 0 Å². The Morgan fingerprint density at radius 2 is 1.65 bits per heavy atom. The molecule has 0 unspecified atom stereocenters. The molecule has 0 saturated heterocycles. The van der Waals surface area contributed by atoms with E-state index in [0.29, 0.717) is 16.3 Å². The molecule has 0 aromatic heterocycles. The molecule has 26 heavy (non-hydrogen) atoms. The Bertz CT molecular complexity index is 874. The number of amides is 2. The van der Waals surface area contributed by atoms with Gasteiger partial charge in [-0.1, -0.05) is 18.9 Å². The highest BCUT2D eigenvalue weighted by Crippen LogP contribution is 2.30. The molecule has 2 aromatic carbocycles. The van der Waals surface area contributed by atoms with Crippen LogP contribution in [0.4, 0.5) is 16.2 Å². The van der Waals surface area contributed by atoms with Crippen molar-refractivity contribution in [2.24, 2.45) is 0 Å². The second kappa shape index (κ2) is 8.14. The molecule has 2 amide bonds. The van der Waals surface area contributed by atoms with Crippen LogP contribution in [0, 0.1) is 0 Å². The third-order valence-electron chi connectivity index (χ3n) is 4.51. The summed E-state index contributed by atoms with van der Waals surface area (Å²) in [6.45, 7) is 0. The van der Waals surface area contributed by atoms with Crippen molar-refractivity contribution in [3.8, 4) is 0 Å². The first-order chi connectivity index (χ1) is 12.5. The Kier molecular flexibility index (Phi) is 5.88. The Labute approximate surface area is 158 Å². The van der Waals surface area contributed by atoms with Crippen molar-refractivity contribution in [2.75, 3.05) is 16.9 Å². The maximum absolute atomic E-state index is 12.6. The largest absolute Gasteiger partial charge is 0.323 e. The number of urea groups is 1. The zero-order valence-corrected chi connectivity index (χ0v) is 16.2. The van der Waals surface area contributed by atoms with Crippen molar-refractivity contribution in [3.63, 3.8) is 0 Å². The smallest absolute Gasteiger partial charge is 0.308 e. The van der Waals surface area contributed by atoms with E-state index in [0.717, 1.165) is 30.6 Å². The molecule has 0 heterocycles. The van der Waals surface area contributed by atoms with Crippen LogP contribution < -0.4 is 10.6 Å². The van der Waals surface area contributed by atoms with Crippen LogP contribution in [-0.2, 0) is 9.84 Å². The number of anilines is 2. The molecule has 0 atom stereocenters. The number of carbonyl (C=O) groups excluding carboxylic acids is 1. The third kappa shape index (κ3) is 4.40. The topological polar surface area (TPSA) is 75.3 Å². The van der Waals surface area contributed by atoms with Crippen LogP contribution in [0.15, 0.2) is 58.3 Å². The van der Waals surface area contributed by atoms with E-state index in [1.807, 2.05) is 30.5 Å². The van der Waals surface area contributed by atoms with Gasteiger partial charge in [0.05, 0.1) is 10.1 Å². The fourth-order valence-electron chi connectivity index (χ4n) is 3.11. The van der Waals surface area contributed by atoms with E-state index in [4.69, 9.17) is 0 Å². The van der Waals surface area contributed by atoms with Gasteiger partial charge in [-0.15, -0.1) is 11.8 Å². The molecule has 1 aliphatic rings. The number of benzene rings is 2. The molecular weight excluding hydrogens is 368 g/mol. The van der Waals surface area contributed by atoms with Crippen LogP contribution in [0.3, 0.4) is 0 Å². The van der Waals surface area contributed by atoms with Crippen molar-refractivity contribution in [1.82, 2.24) is 0 Å². The molecule has 2 aromatic rings. The average Bonchev–Trinajstić information content (AvgIpc) is 3.18. The normalized spacial score (nSPS) is 15.0. The molecular formula is C19H22N2O3S2. The predicted octanol–water partition coefficient (Wildman–Crippen LogP) is 4.77. The first kappa shape index (κ1) is 18.8. The van der Waals surface area contributed by atoms with Crippen molar-refractivity contribution in [3.05, 3.63) is 48.5 Å². The number of thioether (sulfide) groups is 1. The molecule has 0 spiro atoms. The lowest BCUT2D eigenvalue weighted by Gasteiger charge is -2.12. The minimum absolute atomic E-state index is 0.270. The zero-order valence-electron chi connectivity index (χ0n) is 14.6. The first-order valence-corrected chi connectivity index (χ1v) is 11.3. The predicted molar refractivity (Wildman–Crippen MR) is 107 cm³/mol. The summed E-state index contributed by atoms with van der Waals surface area (Å²) in [7, 11) is -3.27. The number of hydrogen-bond donors (Lipinski definition) is 2. The summed E-state index contributed by atoms with van der Waals surface area (Å²) in [5, 5.41) is 5.23. The van der Waals surface area contributed by atoms with Crippen LogP contribution in [0.2, 0.25) is 0 Å². The van der Waals surface area contributed by atoms with Crippen molar-refractivity contribution >= 4 is 39.0 Å². The molecule has 1 aliphatic carbocycles. The first-order valence-electron chi connectivity index (χ1n) is 8.55. The summed E-state index contributed by atoms with van der Waals surface area (Å²) < 4.78 is 25.1. The van der Waals surface area contributed by atoms with Crippen LogP contribution in [0.5, 0.6) is 0 Å². The highest BCUT2D eigenvalue weighted by atomic mass is 32.2. The maximum Gasteiger partial charge on any atom is 0.323 e. The van der Waals surface area contributed by atoms with E-state index in [1.165, 1.54) is 0 Å². The van der Waals surface area contributed by atoms with Gasteiger partial charge in [-0.3, -0.25) is 0 Å². The van der Waals surface area contributed by atoms with Gasteiger partial charge in [0.25, 0.3) is 0 Å². The summed E-state index contributed by atoms with van der Waals surface area (Å²) in [6.07, 6.45) is 5.39. The summed E-state index contributed by atoms with van der Waals surface area (Å²) in [6, 6.07) is 13.6. The number of sulfone groups is 1. The fourth-order valence-corrected chi connectivity index (χ4v) is 5.43. The highest BCUT2D eigenvalue weighted by molar-refractivity contribution is 7.98. The number of carbonyl (C=O) groups is 1. The SMILES string of the molecule is CSc1cccc(NC(=O)Nc2ccc(S(=O)(=O)C3CCCC3)cc2)c1. The summed E-state index contributed by atoms with van der Waals surface area (Å²) in [4.78, 5) is 13.5. The van der Waals surface area contributed by atoms with Gasteiger partial charge in [0, 0.05) is 16.3 Å². The third-order valence-corrected chi connectivity index (χ3v) is 7.51. The molecule has 2 N–H and O–H groups in total. The average molecular weight is 391 g/mol. The van der Waals surface area contributed by atoms with Gasteiger partial charge >= 0.3 is 6.03 Å². The van der Waals surface area contributed by atoms with E-state index in [-0.39, 0.29) is 11.3 Å². The molecule has 0 radical (unpaired) electrons. The molecule has 0 bridgehead atoms. The van der Waals surface area contributed by atoms with E-state index in [1.54, 1.807) is 36.0 Å². The van der Waals surface area contributed by atoms with E-state index in [9.17, 15) is 13.2 Å². The number of rotatable bonds is 5. The van der Waals surface area contributed by atoms with E-state index in [2.05, 4.69) is 10.6 Å². The Hall–Kier alpha value is -1.99. The van der Waals surface area contributed by atoms with E-state index < -0.39 is 9.84 Å². The van der Waals surface area contributed by atoms with Gasteiger partial charge < -0.3 is 10.6 Å². The molecule has 1 saturated carbocycles. The Morgan fingerprint density at radius 1 is 1.00 bits per heavy atom. The van der Waals surface area contributed by atoms with Gasteiger partial charge in [-0.05, 0) is 61.6 Å². The van der Waals surface area contributed by atoms with Gasteiger partial charge in [0.15, 0.2) is 9.84 Å². The Balaban J connectivity index is 1.64. The van der Waals surface area contributed by atoms with E-state index >= 15 is 0 Å². The quantitative estimate of drug-likeness (QED) is 0.721. The monoisotopic (exact) mass is 390 g/mol. The number of hydrogen-bond acceptors (Lipinski definition) is 4. The molecule has 3 rings (SSSR count). The summed E-state index contributed by atoms with van der Waals surface area (Å²) >= 11 is 1.60. The molecule has 5 nitrogen and oxygen atoms in total. The van der Waals surface area contributed by atoms with Crippen molar-refractivity contribution < 1.29 is 13.2 Å². The minimum atomic E-state index is -3.27. The number of nitrogens with one attached hydrogen (secondary N) is 2. The van der Waals surface area contributed by atoms with Gasteiger partial charge in [0.1, 0.15) is 0 Å². The minimum Gasteiger partial charge on any atom is -0.308 e. The molecule has 0 aliphatic heterocycles. The van der Waals surface area contributed by atoms with Crippen LogP contribution in [0.25, 0.3) is 0 Å². The highest BCUT2D eigenvalue weighted by Gasteiger charge is 2.30. The summed E-state index contributed by atoms with van der Waals surface area (Å²) in [5.41, 5.74) is 1.25. The van der Waals surface area contributed by atoms with Gasteiger partial charge in [-0.2, -0.15) is 0 Å². The van der Waals surface area contributed by atoms with Gasteiger partial charge in [-0.25, -0.2) is 13.2 Å². The standard InChI is InChI=1S/C19H22N2O3S2/c1-25-16-6-4-5-15(13-16)21-19(22)20-14-9-11-18(12-10-14)26(23,24)17-7-2-3-8-17/h4-6,9-13,17H,2-3,7-8H2,1H3,(H2,20,21,22). The lowest BCUT2D eigenvalue weighted by Crippen LogP contribution is -2.20. The zero-order chi connectivity index (χ0) is 18.6. The fraction of sp³-hybridized carbons (Fsp3) is 0.316. The van der Waals surface area contributed by atoms with Crippen LogP contribution in [-0.4, -0.2) is 26.0 Å². The van der Waals surface area contributed by atoms with Crippen LogP contribution in [0.1, 0.15) is 25.7 Å². The molecule has 1 fully saturated rings. The molecule has 7 heteroatoms. The lowest BCUT2D eigenvalue weighted by molar-refractivity contribution is 0.262. The van der Waals surface area contributed by atoms with Crippen molar-refractivity contribution in [2.45, 2.75) is 40.7 Å². The van der Waals surface area contributed by atoms with Gasteiger partial charge in [0.2, 0.25) is 0 Å². The second-order valence-electron chi connectivity index (χ2n) is 6.29.